The van der Waals surface area contributed by atoms with Gasteiger partial charge in [-0.25, -0.2) is 0 Å². The van der Waals surface area contributed by atoms with E-state index in [4.69, 9.17) is 0 Å². The van der Waals surface area contributed by atoms with Crippen molar-refractivity contribution >= 4 is 34.5 Å². The Balaban J connectivity index is 1.55. The van der Waals surface area contributed by atoms with Gasteiger partial charge in [0.25, 0.3) is 5.91 Å². The second-order valence-corrected chi connectivity index (χ2v) is 8.97. The van der Waals surface area contributed by atoms with E-state index in [0.717, 1.165) is 10.4 Å². The number of hydrogen-bond acceptors (Lipinski definition) is 4. The first-order valence-electron chi connectivity index (χ1n) is 9.77. The Kier molecular flexibility index (Phi) is 7.61. The van der Waals surface area contributed by atoms with Gasteiger partial charge in [-0.2, -0.15) is 11.3 Å². The lowest BCUT2D eigenvalue weighted by Crippen LogP contribution is -2.30. The van der Waals surface area contributed by atoms with E-state index in [1.807, 2.05) is 28.3 Å². The van der Waals surface area contributed by atoms with Crippen LogP contribution in [-0.4, -0.2) is 18.4 Å². The summed E-state index contributed by atoms with van der Waals surface area (Å²) in [5.41, 5.74) is 3.03. The third-order valence-electron chi connectivity index (χ3n) is 4.72. The molecule has 0 radical (unpaired) electrons. The van der Waals surface area contributed by atoms with Crippen molar-refractivity contribution in [3.8, 4) is 0 Å². The third-order valence-corrected chi connectivity index (χ3v) is 6.34. The van der Waals surface area contributed by atoms with Crippen molar-refractivity contribution in [1.29, 1.82) is 0 Å². The molecule has 4 nitrogen and oxygen atoms in total. The molecule has 3 rings (SSSR count). The van der Waals surface area contributed by atoms with Crippen LogP contribution in [0.5, 0.6) is 0 Å². The number of benzene rings is 1. The number of carbonyl (C=O) groups excluding carboxylic acids is 2. The lowest BCUT2D eigenvalue weighted by Gasteiger charge is -2.19. The average Bonchev–Trinajstić information content (AvgIpc) is 3.43. The van der Waals surface area contributed by atoms with Crippen LogP contribution in [0.2, 0.25) is 0 Å². The number of hydrogen-bond donors (Lipinski definition) is 2. The van der Waals surface area contributed by atoms with E-state index in [2.05, 4.69) is 48.7 Å². The summed E-state index contributed by atoms with van der Waals surface area (Å²) in [4.78, 5) is 25.6. The molecule has 0 saturated heterocycles. The van der Waals surface area contributed by atoms with Crippen molar-refractivity contribution in [3.63, 3.8) is 0 Å². The van der Waals surface area contributed by atoms with Crippen molar-refractivity contribution in [3.05, 3.63) is 80.2 Å². The highest BCUT2D eigenvalue weighted by molar-refractivity contribution is 7.10. The molecule has 6 heteroatoms. The van der Waals surface area contributed by atoms with Gasteiger partial charge in [-0.1, -0.05) is 44.2 Å². The van der Waals surface area contributed by atoms with Gasteiger partial charge >= 0.3 is 0 Å². The summed E-state index contributed by atoms with van der Waals surface area (Å²) in [6, 6.07) is 14.2. The molecular weight excluding hydrogens is 400 g/mol. The maximum atomic E-state index is 12.6. The van der Waals surface area contributed by atoms with Crippen molar-refractivity contribution in [1.82, 2.24) is 10.6 Å². The van der Waals surface area contributed by atoms with Gasteiger partial charge in [-0.15, -0.1) is 11.3 Å². The quantitative estimate of drug-likeness (QED) is 0.453. The highest BCUT2D eigenvalue weighted by Crippen LogP contribution is 2.27. The van der Waals surface area contributed by atoms with Crippen LogP contribution in [-0.2, 0) is 4.79 Å². The molecule has 29 heavy (non-hydrogen) atoms. The molecule has 152 valence electrons. The summed E-state index contributed by atoms with van der Waals surface area (Å²) >= 11 is 3.13. The van der Waals surface area contributed by atoms with Crippen LogP contribution in [0.1, 0.15) is 65.0 Å². The fourth-order valence-electron chi connectivity index (χ4n) is 3.03. The van der Waals surface area contributed by atoms with E-state index in [1.54, 1.807) is 17.4 Å². The fourth-order valence-corrected chi connectivity index (χ4v) is 4.47. The van der Waals surface area contributed by atoms with E-state index in [9.17, 15) is 9.59 Å². The molecule has 0 aliphatic heterocycles. The van der Waals surface area contributed by atoms with Crippen molar-refractivity contribution < 1.29 is 9.59 Å². The van der Waals surface area contributed by atoms with Crippen LogP contribution in [0, 0.1) is 0 Å². The minimum absolute atomic E-state index is 0.0129. The Morgan fingerprint density at radius 1 is 1.00 bits per heavy atom. The lowest BCUT2D eigenvalue weighted by atomic mass is 9.98. The standard InChI is InChI=1S/C23H26N2O2S2/c1-16(2)17-7-9-18(10-8-17)22(20-5-4-13-29-20)25-21(26)6-3-12-24-23(27)19-11-14-28-15-19/h4-5,7-11,13-16,22H,3,6,12H2,1-2H3,(H,24,27)(H,25,26). The van der Waals surface area contributed by atoms with Gasteiger partial charge < -0.3 is 10.6 Å². The van der Waals surface area contributed by atoms with E-state index >= 15 is 0 Å². The molecule has 1 unspecified atom stereocenters. The highest BCUT2D eigenvalue weighted by Gasteiger charge is 2.18. The van der Waals surface area contributed by atoms with E-state index in [0.29, 0.717) is 30.9 Å². The molecule has 2 aromatic heterocycles. The van der Waals surface area contributed by atoms with Crippen LogP contribution in [0.3, 0.4) is 0 Å². The Labute approximate surface area is 180 Å². The zero-order chi connectivity index (χ0) is 20.6. The smallest absolute Gasteiger partial charge is 0.252 e. The molecule has 1 atom stereocenters. The van der Waals surface area contributed by atoms with Crippen molar-refractivity contribution in [2.24, 2.45) is 0 Å². The Morgan fingerprint density at radius 2 is 1.76 bits per heavy atom. The van der Waals surface area contributed by atoms with Gasteiger partial charge in [0, 0.05) is 28.8 Å². The minimum atomic E-state index is -0.149. The molecule has 0 aliphatic rings. The van der Waals surface area contributed by atoms with Crippen molar-refractivity contribution in [2.75, 3.05) is 6.54 Å². The van der Waals surface area contributed by atoms with Gasteiger partial charge in [-0.3, -0.25) is 9.59 Å². The Hall–Kier alpha value is -2.44. The maximum Gasteiger partial charge on any atom is 0.252 e. The highest BCUT2D eigenvalue weighted by atomic mass is 32.1. The monoisotopic (exact) mass is 426 g/mol. The van der Waals surface area contributed by atoms with Gasteiger partial charge in [0.15, 0.2) is 0 Å². The van der Waals surface area contributed by atoms with Crippen molar-refractivity contribution in [2.45, 2.75) is 38.6 Å². The Morgan fingerprint density at radius 3 is 2.38 bits per heavy atom. The summed E-state index contributed by atoms with van der Waals surface area (Å²) in [5.74, 6) is 0.373. The van der Waals surface area contributed by atoms with Gasteiger partial charge in [0.2, 0.25) is 5.91 Å². The number of rotatable bonds is 9. The number of carbonyl (C=O) groups is 2. The van der Waals surface area contributed by atoms with Crippen LogP contribution in [0.15, 0.2) is 58.6 Å². The predicted molar refractivity (Wildman–Crippen MR) is 121 cm³/mol. The molecule has 0 saturated carbocycles. The first-order valence-corrected chi connectivity index (χ1v) is 11.6. The van der Waals surface area contributed by atoms with E-state index < -0.39 is 0 Å². The molecule has 0 bridgehead atoms. The fraction of sp³-hybridized carbons (Fsp3) is 0.304. The SMILES string of the molecule is CC(C)c1ccc(C(NC(=O)CCCNC(=O)c2ccsc2)c2cccs2)cc1. The summed E-state index contributed by atoms with van der Waals surface area (Å²) in [7, 11) is 0. The van der Waals surface area contributed by atoms with Crippen LogP contribution < -0.4 is 10.6 Å². The molecule has 2 amide bonds. The van der Waals surface area contributed by atoms with E-state index in [-0.39, 0.29) is 17.9 Å². The molecule has 3 aromatic rings. The molecular formula is C23H26N2O2S2. The average molecular weight is 427 g/mol. The largest absolute Gasteiger partial charge is 0.352 e. The van der Waals surface area contributed by atoms with E-state index in [1.165, 1.54) is 16.9 Å². The van der Waals surface area contributed by atoms with Crippen LogP contribution in [0.4, 0.5) is 0 Å². The second-order valence-electron chi connectivity index (χ2n) is 7.21. The summed E-state index contributed by atoms with van der Waals surface area (Å²) in [6.07, 6.45) is 0.973. The number of nitrogens with one attached hydrogen (secondary N) is 2. The van der Waals surface area contributed by atoms with Crippen LogP contribution >= 0.6 is 22.7 Å². The molecule has 0 aliphatic carbocycles. The summed E-state index contributed by atoms with van der Waals surface area (Å²) in [6.45, 7) is 4.82. The molecule has 0 fully saturated rings. The molecule has 2 N–H and O–H groups in total. The van der Waals surface area contributed by atoms with Gasteiger partial charge in [0.05, 0.1) is 6.04 Å². The second kappa shape index (κ2) is 10.4. The predicted octanol–water partition coefficient (Wildman–Crippen LogP) is 5.35. The topological polar surface area (TPSA) is 58.2 Å². The zero-order valence-corrected chi connectivity index (χ0v) is 18.3. The minimum Gasteiger partial charge on any atom is -0.352 e. The lowest BCUT2D eigenvalue weighted by molar-refractivity contribution is -0.121. The Bertz CT molecular complexity index is 901. The first-order chi connectivity index (χ1) is 14.0. The summed E-state index contributed by atoms with van der Waals surface area (Å²) in [5, 5.41) is 11.7. The molecule has 1 aromatic carbocycles. The normalized spacial score (nSPS) is 12.0. The van der Waals surface area contributed by atoms with Gasteiger partial charge in [0.1, 0.15) is 0 Å². The number of amides is 2. The summed E-state index contributed by atoms with van der Waals surface area (Å²) < 4.78 is 0. The molecule has 0 spiro atoms. The molecule has 2 heterocycles. The zero-order valence-electron chi connectivity index (χ0n) is 16.7. The first kappa shape index (κ1) is 21.3. The third kappa shape index (κ3) is 6.02. The van der Waals surface area contributed by atoms with Gasteiger partial charge in [-0.05, 0) is 46.4 Å². The van der Waals surface area contributed by atoms with Crippen LogP contribution in [0.25, 0.3) is 0 Å². The number of thiophene rings is 2. The maximum absolute atomic E-state index is 12.6.